The second-order valence-corrected chi connectivity index (χ2v) is 28.1. The number of unbranched alkanes of at least 4 members (excludes halogenated alkanes) is 20. The Kier molecular flexibility index (Phi) is 24.0. The summed E-state index contributed by atoms with van der Waals surface area (Å²) in [5.41, 5.74) is 43.2. The molecule has 8 aromatic rings. The molecule has 4 heteroatoms. The average Bonchev–Trinajstić information content (AvgIpc) is 0.980. The smallest absolute Gasteiger partial charge is 0.0485 e. The van der Waals surface area contributed by atoms with Crippen LogP contribution in [0, 0.1) is 0 Å². The van der Waals surface area contributed by atoms with Gasteiger partial charge in [-0.15, -0.1) is 0 Å². The van der Waals surface area contributed by atoms with E-state index in [1.165, 1.54) is 285 Å². The Bertz CT molecular complexity index is 3390. The number of nitrogens with zero attached hydrogens (tertiary/aromatic N) is 2. The summed E-state index contributed by atoms with van der Waals surface area (Å²) >= 11 is 0. The van der Waals surface area contributed by atoms with Crippen molar-refractivity contribution in [1.29, 1.82) is 0 Å². The molecule has 1 fully saturated rings. The SMILES string of the molecule is CCCCCCCCc1ccc2c(c1N(CCCCCCCC)c1ccc(-c3cc(N)ccc3C3(c4ccc(N)cc4-c4ccc(N(CCCCCCCC)c5c(CCCCCCCC)ccc6c5Cc5ccccc5-6)cc4)CCCCC3)cc1)Cc1ccccc1-2. The van der Waals surface area contributed by atoms with Crippen LogP contribution in [-0.4, -0.2) is 13.1 Å². The molecule has 4 nitrogen and oxygen atoms in total. The minimum absolute atomic E-state index is 0.245. The lowest BCUT2D eigenvalue weighted by molar-refractivity contribution is 0.347. The van der Waals surface area contributed by atoms with Gasteiger partial charge in [0.05, 0.1) is 0 Å². The largest absolute Gasteiger partial charge is 0.399 e. The lowest BCUT2D eigenvalue weighted by Crippen LogP contribution is -2.32. The van der Waals surface area contributed by atoms with Crippen LogP contribution in [0.1, 0.15) is 258 Å². The number of rotatable bonds is 36. The van der Waals surface area contributed by atoms with Crippen LogP contribution in [0.5, 0.6) is 0 Å². The van der Waals surface area contributed by atoms with Gasteiger partial charge in [-0.25, -0.2) is 0 Å². The van der Waals surface area contributed by atoms with Crippen LogP contribution in [0.2, 0.25) is 0 Å². The van der Waals surface area contributed by atoms with Gasteiger partial charge >= 0.3 is 0 Å². The maximum Gasteiger partial charge on any atom is 0.0485 e. The minimum atomic E-state index is -0.245. The van der Waals surface area contributed by atoms with Crippen molar-refractivity contribution in [3.05, 3.63) is 202 Å². The van der Waals surface area contributed by atoms with Gasteiger partial charge in [-0.3, -0.25) is 0 Å². The average molecular weight is 1230 g/mol. The van der Waals surface area contributed by atoms with Crippen molar-refractivity contribution >= 4 is 34.1 Å². The monoisotopic (exact) mass is 1220 g/mol. The van der Waals surface area contributed by atoms with Crippen molar-refractivity contribution < 1.29 is 0 Å². The van der Waals surface area contributed by atoms with E-state index in [2.05, 4.69) is 195 Å². The van der Waals surface area contributed by atoms with E-state index in [9.17, 15) is 0 Å². The summed E-state index contributed by atoms with van der Waals surface area (Å²) in [6.45, 7) is 11.3. The van der Waals surface area contributed by atoms with Gasteiger partial charge in [0.2, 0.25) is 0 Å². The third-order valence-electron chi connectivity index (χ3n) is 21.5. The highest BCUT2D eigenvalue weighted by Gasteiger charge is 2.40. The third-order valence-corrected chi connectivity index (χ3v) is 21.5. The molecule has 0 radical (unpaired) electrons. The quantitative estimate of drug-likeness (QED) is 0.0304. The topological polar surface area (TPSA) is 58.5 Å². The Balaban J connectivity index is 0.952. The number of hydrogen-bond acceptors (Lipinski definition) is 4. The molecule has 3 aliphatic carbocycles. The molecule has 0 spiro atoms. The summed E-state index contributed by atoms with van der Waals surface area (Å²) < 4.78 is 0. The minimum Gasteiger partial charge on any atom is -0.399 e. The summed E-state index contributed by atoms with van der Waals surface area (Å²) in [5, 5.41) is 0. The summed E-state index contributed by atoms with van der Waals surface area (Å²) in [6, 6.07) is 61.5. The molecular formula is C88H112N4. The van der Waals surface area contributed by atoms with Crippen LogP contribution in [0.4, 0.5) is 34.1 Å². The normalized spacial score (nSPS) is 13.7. The Morgan fingerprint density at radius 3 is 1.11 bits per heavy atom. The second-order valence-electron chi connectivity index (χ2n) is 28.1. The van der Waals surface area contributed by atoms with E-state index in [4.69, 9.17) is 11.5 Å². The zero-order valence-corrected chi connectivity index (χ0v) is 57.3. The Labute approximate surface area is 557 Å². The molecule has 4 N–H and O–H groups in total. The van der Waals surface area contributed by atoms with Crippen molar-refractivity contribution in [3.63, 3.8) is 0 Å². The zero-order chi connectivity index (χ0) is 63.5. The van der Waals surface area contributed by atoms with E-state index in [-0.39, 0.29) is 5.41 Å². The molecule has 0 aromatic heterocycles. The van der Waals surface area contributed by atoms with Crippen molar-refractivity contribution in [1.82, 2.24) is 0 Å². The van der Waals surface area contributed by atoms with Gasteiger partial charge in [-0.2, -0.15) is 0 Å². The zero-order valence-electron chi connectivity index (χ0n) is 57.3. The molecule has 0 saturated heterocycles. The molecule has 8 aromatic carbocycles. The molecule has 0 atom stereocenters. The van der Waals surface area contributed by atoms with Gasteiger partial charge in [-0.05, 0) is 189 Å². The van der Waals surface area contributed by atoms with Crippen molar-refractivity contribution in [2.24, 2.45) is 0 Å². The maximum atomic E-state index is 6.97. The Morgan fingerprint density at radius 1 is 0.337 bits per heavy atom. The predicted octanol–water partition coefficient (Wildman–Crippen LogP) is 25.4. The van der Waals surface area contributed by atoms with Gasteiger partial charge in [0.1, 0.15) is 0 Å². The summed E-state index contributed by atoms with van der Waals surface area (Å²) in [5.74, 6) is 0. The fourth-order valence-electron chi connectivity index (χ4n) is 16.5. The fourth-order valence-corrected chi connectivity index (χ4v) is 16.5. The molecule has 0 unspecified atom stereocenters. The molecule has 3 aliphatic rings. The number of nitrogen functional groups attached to an aromatic ring is 2. The standard InChI is InChI=1S/C88H112N4/c1-5-9-13-17-21-26-36-68-46-54-78-76-40-30-28-38-70(76)62-82(78)86(68)91(60-34-23-19-15-11-7-3)74-50-42-66(43-51-74)80-64-72(89)48-56-84(80)88(58-32-25-33-59-88)85-57-49-73(90)65-81(85)67-44-52-75(53-45-67)92(61-35-24-20-16-12-8-4)87-69(37-27-22-18-14-10-6-2)47-55-79-77-41-31-29-39-71(77)63-83(79)87/h28-31,38-57,64-65H,5-27,32-37,58-63,89-90H2,1-4H3. The van der Waals surface area contributed by atoms with E-state index >= 15 is 0 Å². The second kappa shape index (κ2) is 33.2. The van der Waals surface area contributed by atoms with Crippen molar-refractivity contribution in [3.8, 4) is 44.5 Å². The summed E-state index contributed by atoms with van der Waals surface area (Å²) in [7, 11) is 0. The first-order valence-corrected chi connectivity index (χ1v) is 37.4. The highest BCUT2D eigenvalue weighted by atomic mass is 15.1. The molecule has 11 rings (SSSR count). The number of benzene rings is 8. The van der Waals surface area contributed by atoms with Crippen molar-refractivity contribution in [2.45, 2.75) is 245 Å². The molecule has 0 heterocycles. The number of aryl methyl sites for hydroxylation is 2. The van der Waals surface area contributed by atoms with Crippen LogP contribution in [0.3, 0.4) is 0 Å². The van der Waals surface area contributed by atoms with Crippen LogP contribution < -0.4 is 21.3 Å². The summed E-state index contributed by atoms with van der Waals surface area (Å²) in [4.78, 5) is 5.51. The first-order chi connectivity index (χ1) is 45.3. The molecule has 92 heavy (non-hydrogen) atoms. The van der Waals surface area contributed by atoms with E-state index < -0.39 is 0 Å². The number of fused-ring (bicyclic) bond motifs is 6. The molecule has 484 valence electrons. The maximum absolute atomic E-state index is 6.97. The van der Waals surface area contributed by atoms with Crippen LogP contribution in [-0.2, 0) is 31.1 Å². The number of nitrogens with two attached hydrogens (primary N) is 2. The third kappa shape index (κ3) is 15.6. The van der Waals surface area contributed by atoms with Gasteiger partial charge in [-0.1, -0.05) is 285 Å². The van der Waals surface area contributed by atoms with E-state index in [0.717, 1.165) is 63.0 Å². The van der Waals surface area contributed by atoms with Crippen LogP contribution in [0.15, 0.2) is 158 Å². The van der Waals surface area contributed by atoms with Gasteiger partial charge in [0.15, 0.2) is 0 Å². The first kappa shape index (κ1) is 66.4. The Morgan fingerprint density at radius 2 is 0.707 bits per heavy atom. The van der Waals surface area contributed by atoms with Crippen LogP contribution >= 0.6 is 0 Å². The van der Waals surface area contributed by atoms with Crippen LogP contribution in [0.25, 0.3) is 44.5 Å². The number of hydrogen-bond donors (Lipinski definition) is 2. The highest BCUT2D eigenvalue weighted by molar-refractivity contribution is 5.89. The van der Waals surface area contributed by atoms with Gasteiger partial charge in [0.25, 0.3) is 0 Å². The molecule has 0 bridgehead atoms. The van der Waals surface area contributed by atoms with Gasteiger partial charge in [0, 0.05) is 65.5 Å². The molecule has 0 amide bonds. The lowest BCUT2D eigenvalue weighted by atomic mass is 9.62. The highest BCUT2D eigenvalue weighted by Crippen LogP contribution is 2.53. The first-order valence-electron chi connectivity index (χ1n) is 37.4. The lowest BCUT2D eigenvalue weighted by Gasteiger charge is -2.41. The Hall–Kier alpha value is -7.04. The van der Waals surface area contributed by atoms with E-state index in [1.807, 2.05) is 0 Å². The molecular weight excluding hydrogens is 1110 g/mol. The number of anilines is 6. The van der Waals surface area contributed by atoms with E-state index in [1.54, 1.807) is 0 Å². The van der Waals surface area contributed by atoms with Gasteiger partial charge < -0.3 is 21.3 Å². The summed E-state index contributed by atoms with van der Waals surface area (Å²) in [6.07, 6.45) is 40.9. The molecule has 0 aliphatic heterocycles. The van der Waals surface area contributed by atoms with Crippen molar-refractivity contribution in [2.75, 3.05) is 34.4 Å². The fraction of sp³-hybridized carbons (Fsp3) is 0.455. The van der Waals surface area contributed by atoms with E-state index in [0.29, 0.717) is 0 Å². The predicted molar refractivity (Wildman–Crippen MR) is 401 cm³/mol. The molecule has 1 saturated carbocycles.